The molecule has 1 N–H and O–H groups in total. The van der Waals surface area contributed by atoms with Crippen LogP contribution < -0.4 is 5.32 Å². The molecular weight excluding hydrogens is 242 g/mol. The fourth-order valence-corrected chi connectivity index (χ4v) is 3.24. The summed E-state index contributed by atoms with van der Waals surface area (Å²) in [6, 6.07) is 0.631. The second-order valence-electron chi connectivity index (χ2n) is 5.38. The van der Waals surface area contributed by atoms with Crippen molar-refractivity contribution in [2.75, 3.05) is 5.32 Å². The van der Waals surface area contributed by atoms with Crippen LogP contribution in [-0.4, -0.2) is 15.6 Å². The minimum Gasteiger partial charge on any atom is -0.372 e. The van der Waals surface area contributed by atoms with Crippen LogP contribution in [0.3, 0.4) is 0 Å². The SMILES string of the molecule is c1nnsc1NC1CCCCCCCCCCC1. The van der Waals surface area contributed by atoms with E-state index in [1.165, 1.54) is 82.2 Å². The van der Waals surface area contributed by atoms with Gasteiger partial charge >= 0.3 is 0 Å². The standard InChI is InChI=1S/C14H25N3S/c1-2-4-6-8-10-13(11-9-7-5-3-1)16-14-12-15-17-18-14/h12-13,16H,1-11H2. The van der Waals surface area contributed by atoms with E-state index in [1.807, 2.05) is 6.20 Å². The quantitative estimate of drug-likeness (QED) is 0.849. The highest BCUT2D eigenvalue weighted by Gasteiger charge is 2.10. The minimum absolute atomic E-state index is 0.631. The van der Waals surface area contributed by atoms with Crippen molar-refractivity contribution in [3.05, 3.63) is 6.20 Å². The molecular formula is C14H25N3S. The predicted octanol–water partition coefficient (Wildman–Crippen LogP) is 4.62. The molecule has 1 aromatic rings. The Bertz CT molecular complexity index is 288. The summed E-state index contributed by atoms with van der Waals surface area (Å²) in [5.74, 6) is 0. The smallest absolute Gasteiger partial charge is 0.130 e. The van der Waals surface area contributed by atoms with Gasteiger partial charge in [0.1, 0.15) is 5.00 Å². The lowest BCUT2D eigenvalue weighted by molar-refractivity contribution is 0.480. The van der Waals surface area contributed by atoms with Gasteiger partial charge in [-0.25, -0.2) is 0 Å². The van der Waals surface area contributed by atoms with Crippen LogP contribution in [-0.2, 0) is 0 Å². The molecule has 0 atom stereocenters. The van der Waals surface area contributed by atoms with Crippen LogP contribution in [0.5, 0.6) is 0 Å². The van der Waals surface area contributed by atoms with Crippen LogP contribution >= 0.6 is 11.5 Å². The van der Waals surface area contributed by atoms with E-state index in [4.69, 9.17) is 0 Å². The van der Waals surface area contributed by atoms with E-state index >= 15 is 0 Å². The summed E-state index contributed by atoms with van der Waals surface area (Å²) in [7, 11) is 0. The first-order valence-corrected chi connectivity index (χ1v) is 8.26. The lowest BCUT2D eigenvalue weighted by Crippen LogP contribution is -2.19. The van der Waals surface area contributed by atoms with Gasteiger partial charge in [-0.3, -0.25) is 0 Å². The summed E-state index contributed by atoms with van der Waals surface area (Å²) in [6.45, 7) is 0. The number of nitrogens with one attached hydrogen (secondary N) is 1. The summed E-state index contributed by atoms with van der Waals surface area (Å²) in [5, 5.41) is 8.63. The average Bonchev–Trinajstić information content (AvgIpc) is 2.85. The molecule has 1 aliphatic carbocycles. The Morgan fingerprint density at radius 1 is 0.889 bits per heavy atom. The second-order valence-corrected chi connectivity index (χ2v) is 6.17. The maximum atomic E-state index is 3.92. The topological polar surface area (TPSA) is 37.8 Å². The molecule has 1 aliphatic rings. The van der Waals surface area contributed by atoms with Gasteiger partial charge in [0.25, 0.3) is 0 Å². The Hall–Kier alpha value is -0.640. The molecule has 0 unspecified atom stereocenters. The van der Waals surface area contributed by atoms with Crippen molar-refractivity contribution >= 4 is 16.5 Å². The largest absolute Gasteiger partial charge is 0.372 e. The molecule has 18 heavy (non-hydrogen) atoms. The summed E-state index contributed by atoms with van der Waals surface area (Å²) in [5.41, 5.74) is 0. The van der Waals surface area contributed by atoms with Crippen molar-refractivity contribution in [1.29, 1.82) is 0 Å². The molecule has 0 amide bonds. The van der Waals surface area contributed by atoms with Crippen LogP contribution in [0.15, 0.2) is 6.20 Å². The Labute approximate surface area is 115 Å². The van der Waals surface area contributed by atoms with Crippen molar-refractivity contribution in [1.82, 2.24) is 9.59 Å². The molecule has 102 valence electrons. The highest BCUT2D eigenvalue weighted by Crippen LogP contribution is 2.20. The van der Waals surface area contributed by atoms with Gasteiger partial charge in [-0.05, 0) is 12.8 Å². The molecule has 1 aromatic heterocycles. The van der Waals surface area contributed by atoms with E-state index in [0.29, 0.717) is 6.04 Å². The van der Waals surface area contributed by atoms with Crippen LogP contribution in [0.4, 0.5) is 5.00 Å². The first kappa shape index (κ1) is 13.8. The van der Waals surface area contributed by atoms with E-state index in [9.17, 15) is 0 Å². The maximum Gasteiger partial charge on any atom is 0.130 e. The van der Waals surface area contributed by atoms with Crippen molar-refractivity contribution in [2.45, 2.75) is 76.7 Å². The third-order valence-electron chi connectivity index (χ3n) is 3.81. The molecule has 0 bridgehead atoms. The third kappa shape index (κ3) is 5.34. The second kappa shape index (κ2) is 8.46. The summed E-state index contributed by atoms with van der Waals surface area (Å²) in [4.78, 5) is 0. The Balaban J connectivity index is 1.77. The molecule has 0 aliphatic heterocycles. The van der Waals surface area contributed by atoms with Crippen LogP contribution in [0.1, 0.15) is 70.6 Å². The minimum atomic E-state index is 0.631. The highest BCUT2D eigenvalue weighted by molar-refractivity contribution is 7.09. The zero-order valence-corrected chi connectivity index (χ0v) is 12.1. The summed E-state index contributed by atoms with van der Waals surface area (Å²) in [6.07, 6.45) is 17.2. The van der Waals surface area contributed by atoms with Gasteiger partial charge < -0.3 is 5.32 Å². The number of nitrogens with zero attached hydrogens (tertiary/aromatic N) is 2. The van der Waals surface area contributed by atoms with Gasteiger partial charge in [0.2, 0.25) is 0 Å². The summed E-state index contributed by atoms with van der Waals surface area (Å²) >= 11 is 1.47. The molecule has 3 nitrogen and oxygen atoms in total. The molecule has 0 saturated heterocycles. The predicted molar refractivity (Wildman–Crippen MR) is 78.1 cm³/mol. The van der Waals surface area contributed by atoms with Crippen LogP contribution in [0, 0.1) is 0 Å². The molecule has 0 aromatic carbocycles. The maximum absolute atomic E-state index is 3.92. The normalized spacial score (nSPS) is 20.9. The van der Waals surface area contributed by atoms with Gasteiger partial charge in [0, 0.05) is 17.6 Å². The Morgan fingerprint density at radius 3 is 1.94 bits per heavy atom. The van der Waals surface area contributed by atoms with Crippen molar-refractivity contribution < 1.29 is 0 Å². The van der Waals surface area contributed by atoms with Gasteiger partial charge in [-0.2, -0.15) is 0 Å². The van der Waals surface area contributed by atoms with Crippen LogP contribution in [0.2, 0.25) is 0 Å². The van der Waals surface area contributed by atoms with Gasteiger partial charge in [0.05, 0.1) is 6.20 Å². The molecule has 1 heterocycles. The van der Waals surface area contributed by atoms with E-state index in [2.05, 4.69) is 14.9 Å². The number of hydrogen-bond donors (Lipinski definition) is 1. The highest BCUT2D eigenvalue weighted by atomic mass is 32.1. The molecule has 2 rings (SSSR count). The number of rotatable bonds is 2. The van der Waals surface area contributed by atoms with E-state index in [-0.39, 0.29) is 0 Å². The van der Waals surface area contributed by atoms with Crippen molar-refractivity contribution in [3.8, 4) is 0 Å². The van der Waals surface area contributed by atoms with E-state index < -0.39 is 0 Å². The lowest BCUT2D eigenvalue weighted by atomic mass is 9.98. The fourth-order valence-electron chi connectivity index (χ4n) is 2.74. The Morgan fingerprint density at radius 2 is 1.44 bits per heavy atom. The van der Waals surface area contributed by atoms with Gasteiger partial charge in [0.15, 0.2) is 0 Å². The lowest BCUT2D eigenvalue weighted by Gasteiger charge is -2.19. The first-order valence-electron chi connectivity index (χ1n) is 7.49. The van der Waals surface area contributed by atoms with Gasteiger partial charge in [-0.1, -0.05) is 62.3 Å². The molecule has 0 spiro atoms. The first-order chi connectivity index (χ1) is 8.95. The molecule has 0 radical (unpaired) electrons. The van der Waals surface area contributed by atoms with Gasteiger partial charge in [-0.15, -0.1) is 5.10 Å². The molecule has 1 saturated carbocycles. The van der Waals surface area contributed by atoms with E-state index in [0.717, 1.165) is 5.00 Å². The molecule has 4 heteroatoms. The third-order valence-corrected chi connectivity index (χ3v) is 4.41. The zero-order chi connectivity index (χ0) is 12.5. The van der Waals surface area contributed by atoms with Crippen molar-refractivity contribution in [2.24, 2.45) is 0 Å². The summed E-state index contributed by atoms with van der Waals surface area (Å²) < 4.78 is 3.92. The zero-order valence-electron chi connectivity index (χ0n) is 11.2. The van der Waals surface area contributed by atoms with E-state index in [1.54, 1.807) is 0 Å². The monoisotopic (exact) mass is 267 g/mol. The number of anilines is 1. The van der Waals surface area contributed by atoms with Crippen molar-refractivity contribution in [3.63, 3.8) is 0 Å². The number of hydrogen-bond acceptors (Lipinski definition) is 4. The van der Waals surface area contributed by atoms with Crippen LogP contribution in [0.25, 0.3) is 0 Å². The fraction of sp³-hybridized carbons (Fsp3) is 0.857. The number of aromatic nitrogens is 2. The average molecular weight is 267 g/mol. The Kier molecular flexibility index (Phi) is 6.48. The molecule has 1 fully saturated rings.